The molecule has 0 unspecified atom stereocenters. The number of hydrogen-bond donors (Lipinski definition) is 0. The van der Waals surface area contributed by atoms with Crippen molar-refractivity contribution in [3.05, 3.63) is 35.9 Å². The van der Waals surface area contributed by atoms with Gasteiger partial charge < -0.3 is 4.74 Å². The fourth-order valence-electron chi connectivity index (χ4n) is 2.57. The molecule has 114 valence electrons. The molecule has 0 aliphatic rings. The predicted molar refractivity (Wildman–Crippen MR) is 88.2 cm³/mol. The van der Waals surface area contributed by atoms with E-state index >= 15 is 0 Å². The maximum Gasteiger partial charge on any atom is 0.0537 e. The van der Waals surface area contributed by atoms with E-state index in [4.69, 9.17) is 4.74 Å². The molecule has 0 radical (unpaired) electrons. The summed E-state index contributed by atoms with van der Waals surface area (Å²) in [5.41, 5.74) is 1.41. The first-order valence-electron chi connectivity index (χ1n) is 8.38. The fraction of sp³-hybridized carbons (Fsp3) is 0.684. The van der Waals surface area contributed by atoms with Crippen molar-refractivity contribution in [2.45, 2.75) is 65.2 Å². The van der Waals surface area contributed by atoms with Crippen LogP contribution in [0.1, 0.15) is 70.8 Å². The topological polar surface area (TPSA) is 9.23 Å². The lowest BCUT2D eigenvalue weighted by Crippen LogP contribution is -2.14. The molecule has 0 heterocycles. The van der Waals surface area contributed by atoms with E-state index in [1.54, 1.807) is 0 Å². The van der Waals surface area contributed by atoms with Gasteiger partial charge in [-0.1, -0.05) is 83.2 Å². The summed E-state index contributed by atoms with van der Waals surface area (Å²) >= 11 is 0. The van der Waals surface area contributed by atoms with E-state index in [9.17, 15) is 0 Å². The molecule has 0 aliphatic carbocycles. The molecule has 1 atom stereocenters. The van der Waals surface area contributed by atoms with E-state index in [0.29, 0.717) is 11.8 Å². The van der Waals surface area contributed by atoms with Gasteiger partial charge in [-0.05, 0) is 17.9 Å². The Balaban J connectivity index is 2.18. The van der Waals surface area contributed by atoms with Crippen molar-refractivity contribution >= 4 is 0 Å². The van der Waals surface area contributed by atoms with Gasteiger partial charge in [0.1, 0.15) is 0 Å². The minimum Gasteiger partial charge on any atom is -0.381 e. The molecular weight excluding hydrogens is 244 g/mol. The fourth-order valence-corrected chi connectivity index (χ4v) is 2.57. The smallest absolute Gasteiger partial charge is 0.0537 e. The Morgan fingerprint density at radius 1 is 0.900 bits per heavy atom. The summed E-state index contributed by atoms with van der Waals surface area (Å²) in [5, 5.41) is 0. The lowest BCUT2D eigenvalue weighted by molar-refractivity contribution is 0.105. The molecule has 20 heavy (non-hydrogen) atoms. The van der Waals surface area contributed by atoms with Crippen LogP contribution in [0.3, 0.4) is 0 Å². The second-order valence-electron chi connectivity index (χ2n) is 6.10. The minimum atomic E-state index is 0.524. The predicted octanol–water partition coefficient (Wildman–Crippen LogP) is 5.80. The summed E-state index contributed by atoms with van der Waals surface area (Å²) in [6.07, 6.45) is 7.98. The van der Waals surface area contributed by atoms with Crippen LogP contribution >= 0.6 is 0 Å². The van der Waals surface area contributed by atoms with Gasteiger partial charge in [0.15, 0.2) is 0 Å². The highest BCUT2D eigenvalue weighted by molar-refractivity contribution is 5.20. The lowest BCUT2D eigenvalue weighted by Gasteiger charge is -2.21. The zero-order chi connectivity index (χ0) is 14.6. The van der Waals surface area contributed by atoms with Crippen LogP contribution in [-0.4, -0.2) is 13.2 Å². The van der Waals surface area contributed by atoms with Crippen molar-refractivity contribution in [1.82, 2.24) is 0 Å². The van der Waals surface area contributed by atoms with Crippen LogP contribution in [0, 0.1) is 5.92 Å². The van der Waals surface area contributed by atoms with Crippen molar-refractivity contribution in [3.63, 3.8) is 0 Å². The summed E-state index contributed by atoms with van der Waals surface area (Å²) in [6, 6.07) is 10.8. The molecule has 0 aromatic heterocycles. The zero-order valence-electron chi connectivity index (χ0n) is 13.6. The van der Waals surface area contributed by atoms with Crippen LogP contribution < -0.4 is 0 Å². The molecule has 1 rings (SSSR count). The monoisotopic (exact) mass is 276 g/mol. The summed E-state index contributed by atoms with van der Waals surface area (Å²) in [6.45, 7) is 8.61. The Morgan fingerprint density at radius 3 is 2.20 bits per heavy atom. The minimum absolute atomic E-state index is 0.524. The number of unbranched alkanes of at least 4 members (excludes halogenated alkanes) is 5. The Hall–Kier alpha value is -0.820. The van der Waals surface area contributed by atoms with Crippen LogP contribution in [0.4, 0.5) is 0 Å². The first kappa shape index (κ1) is 17.2. The highest BCUT2D eigenvalue weighted by Gasteiger charge is 2.15. The first-order valence-corrected chi connectivity index (χ1v) is 8.38. The van der Waals surface area contributed by atoms with Gasteiger partial charge in [-0.15, -0.1) is 0 Å². The molecule has 0 amide bonds. The van der Waals surface area contributed by atoms with Gasteiger partial charge in [0.05, 0.1) is 6.61 Å². The third-order valence-corrected chi connectivity index (χ3v) is 3.97. The van der Waals surface area contributed by atoms with Crippen molar-refractivity contribution in [2.75, 3.05) is 13.2 Å². The molecule has 0 N–H and O–H groups in total. The van der Waals surface area contributed by atoms with E-state index in [1.807, 2.05) is 0 Å². The van der Waals surface area contributed by atoms with Crippen LogP contribution in [0.15, 0.2) is 30.3 Å². The molecule has 1 aromatic rings. The Labute approximate surface area is 125 Å². The summed E-state index contributed by atoms with van der Waals surface area (Å²) in [7, 11) is 0. The van der Waals surface area contributed by atoms with Gasteiger partial charge >= 0.3 is 0 Å². The van der Waals surface area contributed by atoms with E-state index in [1.165, 1.54) is 44.1 Å². The highest BCUT2D eigenvalue weighted by atomic mass is 16.5. The molecule has 1 nitrogen and oxygen atoms in total. The van der Waals surface area contributed by atoms with E-state index in [-0.39, 0.29) is 0 Å². The number of hydrogen-bond acceptors (Lipinski definition) is 1. The first-order chi connectivity index (χ1) is 9.75. The zero-order valence-corrected chi connectivity index (χ0v) is 13.6. The van der Waals surface area contributed by atoms with Gasteiger partial charge in [0.2, 0.25) is 0 Å². The second-order valence-corrected chi connectivity index (χ2v) is 6.10. The molecule has 0 saturated heterocycles. The Kier molecular flexibility index (Phi) is 9.40. The molecule has 0 fully saturated rings. The second kappa shape index (κ2) is 10.9. The van der Waals surface area contributed by atoms with Gasteiger partial charge in [-0.3, -0.25) is 0 Å². The van der Waals surface area contributed by atoms with Crippen LogP contribution in [0.25, 0.3) is 0 Å². The Bertz CT molecular complexity index is 318. The average Bonchev–Trinajstić information content (AvgIpc) is 2.46. The van der Waals surface area contributed by atoms with Crippen LogP contribution in [0.2, 0.25) is 0 Å². The number of ether oxygens (including phenoxy) is 1. The standard InChI is InChI=1S/C19H32O/c1-4-5-6-7-8-12-15-20-16-19(17(2)3)18-13-10-9-11-14-18/h9-11,13-14,17,19H,4-8,12,15-16H2,1-3H3/t19-/m0/s1. The summed E-state index contributed by atoms with van der Waals surface area (Å²) in [4.78, 5) is 0. The molecule has 0 spiro atoms. The molecule has 1 heteroatoms. The summed E-state index contributed by atoms with van der Waals surface area (Å²) in [5.74, 6) is 1.15. The quantitative estimate of drug-likeness (QED) is 0.464. The van der Waals surface area contributed by atoms with Gasteiger partial charge in [0, 0.05) is 12.5 Å². The summed E-state index contributed by atoms with van der Waals surface area (Å²) < 4.78 is 5.92. The normalized spacial score (nSPS) is 12.8. The van der Waals surface area contributed by atoms with Gasteiger partial charge in [0.25, 0.3) is 0 Å². The molecule has 1 aromatic carbocycles. The Morgan fingerprint density at radius 2 is 1.55 bits per heavy atom. The van der Waals surface area contributed by atoms with E-state index in [2.05, 4.69) is 51.1 Å². The average molecular weight is 276 g/mol. The number of benzene rings is 1. The number of rotatable bonds is 11. The molecule has 0 saturated carbocycles. The van der Waals surface area contributed by atoms with E-state index < -0.39 is 0 Å². The van der Waals surface area contributed by atoms with Crippen molar-refractivity contribution in [1.29, 1.82) is 0 Å². The molecule has 0 bridgehead atoms. The lowest BCUT2D eigenvalue weighted by atomic mass is 9.89. The third kappa shape index (κ3) is 7.09. The third-order valence-electron chi connectivity index (χ3n) is 3.97. The van der Waals surface area contributed by atoms with Gasteiger partial charge in [-0.2, -0.15) is 0 Å². The van der Waals surface area contributed by atoms with Crippen LogP contribution in [-0.2, 0) is 4.74 Å². The maximum atomic E-state index is 5.92. The molecule has 0 aliphatic heterocycles. The molecular formula is C19H32O. The van der Waals surface area contributed by atoms with Crippen molar-refractivity contribution < 1.29 is 4.74 Å². The maximum absolute atomic E-state index is 5.92. The van der Waals surface area contributed by atoms with Crippen molar-refractivity contribution in [2.24, 2.45) is 5.92 Å². The SMILES string of the molecule is CCCCCCCCOC[C@H](c1ccccc1)C(C)C. The van der Waals surface area contributed by atoms with Gasteiger partial charge in [-0.25, -0.2) is 0 Å². The van der Waals surface area contributed by atoms with Crippen LogP contribution in [0.5, 0.6) is 0 Å². The largest absolute Gasteiger partial charge is 0.381 e. The van der Waals surface area contributed by atoms with E-state index in [0.717, 1.165) is 13.2 Å². The van der Waals surface area contributed by atoms with Crippen molar-refractivity contribution in [3.8, 4) is 0 Å². The highest BCUT2D eigenvalue weighted by Crippen LogP contribution is 2.24.